The normalized spacial score (nSPS) is 12.0. The SMILES string of the molecule is CCCCCCCCCCCCOC(=O)c1sc2c(C)sc(-c3cc4cc5c(OCCCCCCCC)c6cc7sc(C)cc7cc6c(OCCCCCCCC)c5cc4s3)c2c1F. The molecule has 0 radical (unpaired) electrons. The van der Waals surface area contributed by atoms with Crippen LogP contribution in [0.2, 0.25) is 0 Å². The second kappa shape index (κ2) is 24.5. The Morgan fingerprint density at radius 2 is 0.969 bits per heavy atom. The van der Waals surface area contributed by atoms with Crippen molar-refractivity contribution in [2.75, 3.05) is 19.8 Å². The molecule has 0 bridgehead atoms. The molecule has 0 spiro atoms. The first-order chi connectivity index (χ1) is 31.3. The van der Waals surface area contributed by atoms with Crippen LogP contribution < -0.4 is 9.47 Å². The lowest BCUT2D eigenvalue weighted by Crippen LogP contribution is -2.06. The van der Waals surface area contributed by atoms with Crippen molar-refractivity contribution in [3.05, 3.63) is 56.8 Å². The maximum absolute atomic E-state index is 16.5. The van der Waals surface area contributed by atoms with Crippen molar-refractivity contribution >= 4 is 103 Å². The Morgan fingerprint density at radius 3 is 1.50 bits per heavy atom. The number of carbonyl (C=O) groups is 1. The van der Waals surface area contributed by atoms with Crippen LogP contribution in [-0.2, 0) is 4.74 Å². The molecule has 0 unspecified atom stereocenters. The van der Waals surface area contributed by atoms with Gasteiger partial charge in [-0.2, -0.15) is 0 Å². The molecule has 0 aliphatic carbocycles. The molecular formula is C55H71FO4S4. The Balaban J connectivity index is 1.18. The fraction of sp³-hybridized carbons (Fsp3) is 0.545. The third-order valence-corrected chi connectivity index (χ3v) is 17.5. The average Bonchev–Trinajstić information content (AvgIpc) is 4.05. The highest BCUT2D eigenvalue weighted by Crippen LogP contribution is 2.51. The first kappa shape index (κ1) is 48.7. The van der Waals surface area contributed by atoms with Gasteiger partial charge in [-0.05, 0) is 80.3 Å². The van der Waals surface area contributed by atoms with Crippen LogP contribution in [0.15, 0.2) is 36.4 Å². The lowest BCUT2D eigenvalue weighted by molar-refractivity contribution is 0.0499. The summed E-state index contributed by atoms with van der Waals surface area (Å²) >= 11 is 6.36. The largest absolute Gasteiger partial charge is 0.492 e. The number of carbonyl (C=O) groups excluding carboxylic acids is 1. The van der Waals surface area contributed by atoms with Gasteiger partial charge in [0.05, 0.1) is 29.4 Å². The number of unbranched alkanes of at least 4 members (excludes halogenated alkanes) is 19. The summed E-state index contributed by atoms with van der Waals surface area (Å²) in [5.41, 5.74) is 0. The van der Waals surface area contributed by atoms with Gasteiger partial charge in [0.25, 0.3) is 0 Å². The van der Waals surface area contributed by atoms with Gasteiger partial charge >= 0.3 is 5.97 Å². The maximum atomic E-state index is 16.5. The lowest BCUT2D eigenvalue weighted by atomic mass is 9.98. The van der Waals surface area contributed by atoms with Crippen LogP contribution in [0.5, 0.6) is 11.5 Å². The molecule has 0 atom stereocenters. The van der Waals surface area contributed by atoms with Crippen LogP contribution in [0.4, 0.5) is 4.39 Å². The number of thiophene rings is 4. The summed E-state index contributed by atoms with van der Waals surface area (Å²) in [6.07, 6.45) is 26.5. The Morgan fingerprint density at radius 1 is 0.516 bits per heavy atom. The zero-order valence-corrected chi connectivity index (χ0v) is 42.6. The Labute approximate surface area is 397 Å². The summed E-state index contributed by atoms with van der Waals surface area (Å²) in [7, 11) is 0. The predicted molar refractivity (Wildman–Crippen MR) is 280 cm³/mol. The second-order valence-corrected chi connectivity index (χ2v) is 22.6. The number of esters is 1. The summed E-state index contributed by atoms with van der Waals surface area (Å²) in [6.45, 7) is 12.6. The Hall–Kier alpha value is -3.24. The first-order valence-electron chi connectivity index (χ1n) is 24.8. The van der Waals surface area contributed by atoms with Gasteiger partial charge in [0.2, 0.25) is 0 Å². The minimum atomic E-state index is -0.545. The topological polar surface area (TPSA) is 44.8 Å². The summed E-state index contributed by atoms with van der Waals surface area (Å²) in [6, 6.07) is 13.7. The van der Waals surface area contributed by atoms with Crippen molar-refractivity contribution in [3.63, 3.8) is 0 Å². The average molecular weight is 943 g/mol. The van der Waals surface area contributed by atoms with Crippen molar-refractivity contribution in [3.8, 4) is 21.3 Å². The van der Waals surface area contributed by atoms with Gasteiger partial charge in [-0.1, -0.05) is 143 Å². The van der Waals surface area contributed by atoms with Crippen LogP contribution in [0.1, 0.15) is 181 Å². The van der Waals surface area contributed by atoms with Crippen LogP contribution >= 0.6 is 45.3 Å². The molecule has 3 aromatic carbocycles. The number of halogens is 1. The summed E-state index contributed by atoms with van der Waals surface area (Å²) in [4.78, 5) is 17.6. The van der Waals surface area contributed by atoms with E-state index >= 15 is 4.39 Å². The van der Waals surface area contributed by atoms with E-state index in [1.165, 1.54) is 123 Å². The van der Waals surface area contributed by atoms with Crippen molar-refractivity contribution in [1.82, 2.24) is 0 Å². The molecule has 7 aromatic rings. The molecule has 346 valence electrons. The second-order valence-electron chi connectivity index (χ2n) is 18.0. The summed E-state index contributed by atoms with van der Waals surface area (Å²) in [5, 5.41) is 7.19. The molecule has 0 amide bonds. The number of benzene rings is 3. The standard InChI is InChI=1S/C55H71FO4S4/c1-6-9-12-15-18-19-20-21-24-27-30-60-55(57)54-49(56)48-52(64-54)38(5)62-53(48)47-34-40-33-42-44(36-46(40)63-47)50(58-28-25-22-16-13-10-7-2)41-32-39-31-37(4)61-45(39)35-43(41)51(42)59-29-26-23-17-14-11-8-3/h31-36H,6-30H2,1-5H3. The summed E-state index contributed by atoms with van der Waals surface area (Å²) in [5.74, 6) is 0.850. The molecule has 0 aliphatic heterocycles. The number of hydrogen-bond acceptors (Lipinski definition) is 8. The van der Waals surface area contributed by atoms with Gasteiger partial charge in [-0.25, -0.2) is 9.18 Å². The number of aryl methyl sites for hydroxylation is 2. The zero-order chi connectivity index (χ0) is 44.8. The highest BCUT2D eigenvalue weighted by Gasteiger charge is 2.27. The van der Waals surface area contributed by atoms with E-state index in [9.17, 15) is 4.79 Å². The predicted octanol–water partition coefficient (Wildman–Crippen LogP) is 19.7. The van der Waals surface area contributed by atoms with Crippen LogP contribution in [0.25, 0.3) is 61.6 Å². The van der Waals surface area contributed by atoms with E-state index in [0.29, 0.717) is 25.2 Å². The fourth-order valence-corrected chi connectivity index (χ4v) is 13.6. The highest BCUT2D eigenvalue weighted by atomic mass is 32.1. The van der Waals surface area contributed by atoms with E-state index in [0.717, 1.165) is 107 Å². The van der Waals surface area contributed by atoms with Crippen LogP contribution in [-0.4, -0.2) is 25.8 Å². The number of ether oxygens (including phenoxy) is 3. The third-order valence-electron chi connectivity index (χ3n) is 12.7. The minimum Gasteiger partial charge on any atom is -0.492 e. The van der Waals surface area contributed by atoms with Crippen molar-refractivity contribution < 1.29 is 23.4 Å². The number of hydrogen-bond donors (Lipinski definition) is 0. The molecule has 4 heterocycles. The molecule has 4 nitrogen and oxygen atoms in total. The smallest absolute Gasteiger partial charge is 0.351 e. The van der Waals surface area contributed by atoms with Gasteiger partial charge in [0.1, 0.15) is 16.4 Å². The van der Waals surface area contributed by atoms with E-state index in [2.05, 4.69) is 64.1 Å². The van der Waals surface area contributed by atoms with Crippen molar-refractivity contribution in [2.45, 2.75) is 176 Å². The maximum Gasteiger partial charge on any atom is 0.351 e. The van der Waals surface area contributed by atoms with Gasteiger partial charge in [-0.15, -0.1) is 45.3 Å². The molecule has 64 heavy (non-hydrogen) atoms. The molecule has 0 saturated heterocycles. The van der Waals surface area contributed by atoms with E-state index in [1.54, 1.807) is 22.7 Å². The molecule has 9 heteroatoms. The van der Waals surface area contributed by atoms with E-state index in [1.807, 2.05) is 18.3 Å². The van der Waals surface area contributed by atoms with E-state index < -0.39 is 11.8 Å². The molecule has 0 fully saturated rings. The fourth-order valence-electron chi connectivity index (χ4n) is 9.12. The first-order valence-corrected chi connectivity index (χ1v) is 28.1. The number of rotatable bonds is 29. The van der Waals surface area contributed by atoms with Gasteiger partial charge < -0.3 is 14.2 Å². The molecule has 0 N–H and O–H groups in total. The molecule has 7 rings (SSSR count). The summed E-state index contributed by atoms with van der Waals surface area (Å²) < 4.78 is 39.2. The highest BCUT2D eigenvalue weighted by molar-refractivity contribution is 7.30. The molecule has 4 aromatic heterocycles. The monoisotopic (exact) mass is 942 g/mol. The Kier molecular flexibility index (Phi) is 18.6. The van der Waals surface area contributed by atoms with Crippen LogP contribution in [0.3, 0.4) is 0 Å². The van der Waals surface area contributed by atoms with Crippen LogP contribution in [0, 0.1) is 19.7 Å². The zero-order valence-electron chi connectivity index (χ0n) is 39.3. The van der Waals surface area contributed by atoms with Crippen molar-refractivity contribution in [2.24, 2.45) is 0 Å². The number of fused-ring (bicyclic) bond motifs is 5. The molecule has 0 aliphatic rings. The van der Waals surface area contributed by atoms with Gasteiger partial charge in [-0.3, -0.25) is 0 Å². The minimum absolute atomic E-state index is 0.0853. The van der Waals surface area contributed by atoms with Gasteiger partial charge in [0.15, 0.2) is 5.82 Å². The lowest BCUT2D eigenvalue weighted by Gasteiger charge is -2.19. The van der Waals surface area contributed by atoms with E-state index in [-0.39, 0.29) is 4.88 Å². The molecule has 0 saturated carbocycles. The van der Waals surface area contributed by atoms with E-state index in [4.69, 9.17) is 14.2 Å². The third kappa shape index (κ3) is 12.0. The molecular weight excluding hydrogens is 872 g/mol. The van der Waals surface area contributed by atoms with Crippen molar-refractivity contribution in [1.29, 1.82) is 0 Å². The van der Waals surface area contributed by atoms with Gasteiger partial charge in [0, 0.05) is 51.0 Å². The quantitative estimate of drug-likeness (QED) is 0.0267. The Bertz CT molecular complexity index is 2480.